The summed E-state index contributed by atoms with van der Waals surface area (Å²) >= 11 is 0. The highest BCUT2D eigenvalue weighted by molar-refractivity contribution is 5.45. The molecule has 2 nitrogen and oxygen atoms in total. The Morgan fingerprint density at radius 1 is 0.938 bits per heavy atom. The molecule has 0 spiro atoms. The average molecular weight is 218 g/mol. The van der Waals surface area contributed by atoms with E-state index in [2.05, 4.69) is 48.9 Å². The zero-order chi connectivity index (χ0) is 11.4. The first-order valence-corrected chi connectivity index (χ1v) is 6.28. The number of anilines is 1. The SMILES string of the molecule is CNC1CCC(Nc2ccc(C)cc2)CC1. The van der Waals surface area contributed by atoms with E-state index in [-0.39, 0.29) is 0 Å². The molecule has 0 aliphatic heterocycles. The number of nitrogens with one attached hydrogen (secondary N) is 2. The molecule has 1 aliphatic rings. The molecule has 2 rings (SSSR count). The third-order valence-corrected chi connectivity index (χ3v) is 3.56. The first-order valence-electron chi connectivity index (χ1n) is 6.28. The van der Waals surface area contributed by atoms with Gasteiger partial charge in [0.1, 0.15) is 0 Å². The van der Waals surface area contributed by atoms with Crippen LogP contribution < -0.4 is 10.6 Å². The molecule has 1 aromatic carbocycles. The summed E-state index contributed by atoms with van der Waals surface area (Å²) in [4.78, 5) is 0. The number of hydrogen-bond donors (Lipinski definition) is 2. The van der Waals surface area contributed by atoms with E-state index in [1.807, 2.05) is 0 Å². The summed E-state index contributed by atoms with van der Waals surface area (Å²) in [6.45, 7) is 2.13. The van der Waals surface area contributed by atoms with Crippen LogP contribution >= 0.6 is 0 Å². The molecule has 0 aromatic heterocycles. The molecule has 1 saturated carbocycles. The Hall–Kier alpha value is -1.02. The normalized spacial score (nSPS) is 25.4. The predicted octanol–water partition coefficient (Wildman–Crippen LogP) is 2.94. The smallest absolute Gasteiger partial charge is 0.0342 e. The maximum Gasteiger partial charge on any atom is 0.0342 e. The molecule has 1 fully saturated rings. The van der Waals surface area contributed by atoms with Gasteiger partial charge in [0.05, 0.1) is 0 Å². The van der Waals surface area contributed by atoms with Crippen molar-refractivity contribution in [2.75, 3.05) is 12.4 Å². The summed E-state index contributed by atoms with van der Waals surface area (Å²) < 4.78 is 0. The number of benzene rings is 1. The summed E-state index contributed by atoms with van der Waals surface area (Å²) in [5.74, 6) is 0. The molecule has 2 heteroatoms. The monoisotopic (exact) mass is 218 g/mol. The Bertz CT molecular complexity index is 310. The van der Waals surface area contributed by atoms with Crippen LogP contribution in [-0.2, 0) is 0 Å². The summed E-state index contributed by atoms with van der Waals surface area (Å²) in [6, 6.07) is 10.1. The highest BCUT2D eigenvalue weighted by atomic mass is 14.9. The molecule has 16 heavy (non-hydrogen) atoms. The minimum atomic E-state index is 0.660. The molecule has 1 aliphatic carbocycles. The first-order chi connectivity index (χ1) is 7.78. The minimum Gasteiger partial charge on any atom is -0.382 e. The largest absolute Gasteiger partial charge is 0.382 e. The second-order valence-electron chi connectivity index (χ2n) is 4.85. The van der Waals surface area contributed by atoms with Crippen molar-refractivity contribution in [1.82, 2.24) is 5.32 Å². The van der Waals surface area contributed by atoms with Gasteiger partial charge in [0.15, 0.2) is 0 Å². The van der Waals surface area contributed by atoms with Crippen LogP contribution in [0.25, 0.3) is 0 Å². The topological polar surface area (TPSA) is 24.1 Å². The van der Waals surface area contributed by atoms with Crippen molar-refractivity contribution in [3.63, 3.8) is 0 Å². The second kappa shape index (κ2) is 5.35. The van der Waals surface area contributed by atoms with Gasteiger partial charge in [-0.2, -0.15) is 0 Å². The number of rotatable bonds is 3. The van der Waals surface area contributed by atoms with Gasteiger partial charge >= 0.3 is 0 Å². The number of aryl methyl sites for hydroxylation is 1. The zero-order valence-electron chi connectivity index (χ0n) is 10.3. The molecule has 0 bridgehead atoms. The summed E-state index contributed by atoms with van der Waals surface area (Å²) in [5.41, 5.74) is 2.59. The van der Waals surface area contributed by atoms with Gasteiger partial charge in [-0.25, -0.2) is 0 Å². The Balaban J connectivity index is 1.84. The van der Waals surface area contributed by atoms with Crippen molar-refractivity contribution >= 4 is 5.69 Å². The van der Waals surface area contributed by atoms with E-state index in [4.69, 9.17) is 0 Å². The van der Waals surface area contributed by atoms with E-state index in [0.717, 1.165) is 6.04 Å². The van der Waals surface area contributed by atoms with Crippen LogP contribution in [0.2, 0.25) is 0 Å². The maximum absolute atomic E-state index is 3.62. The summed E-state index contributed by atoms with van der Waals surface area (Å²) in [5, 5.41) is 6.99. The van der Waals surface area contributed by atoms with Gasteiger partial charge < -0.3 is 10.6 Å². The molecule has 0 radical (unpaired) electrons. The second-order valence-corrected chi connectivity index (χ2v) is 4.85. The van der Waals surface area contributed by atoms with Gasteiger partial charge in [0.2, 0.25) is 0 Å². The molecule has 0 unspecified atom stereocenters. The average Bonchev–Trinajstić information content (AvgIpc) is 2.33. The van der Waals surface area contributed by atoms with Gasteiger partial charge in [-0.05, 0) is 51.8 Å². The van der Waals surface area contributed by atoms with Crippen molar-refractivity contribution in [2.24, 2.45) is 0 Å². The third kappa shape index (κ3) is 2.99. The van der Waals surface area contributed by atoms with Crippen molar-refractivity contribution in [3.05, 3.63) is 29.8 Å². The van der Waals surface area contributed by atoms with Gasteiger partial charge in [0, 0.05) is 17.8 Å². The molecule has 0 atom stereocenters. The highest BCUT2D eigenvalue weighted by Crippen LogP contribution is 2.22. The van der Waals surface area contributed by atoms with Crippen LogP contribution in [0.5, 0.6) is 0 Å². The molecule has 1 aromatic rings. The lowest BCUT2D eigenvalue weighted by Gasteiger charge is -2.29. The Kier molecular flexibility index (Phi) is 3.83. The Morgan fingerprint density at radius 3 is 2.06 bits per heavy atom. The lowest BCUT2D eigenvalue weighted by molar-refractivity contribution is 0.371. The highest BCUT2D eigenvalue weighted by Gasteiger charge is 2.19. The van der Waals surface area contributed by atoms with E-state index in [0.29, 0.717) is 6.04 Å². The van der Waals surface area contributed by atoms with Gasteiger partial charge in [-0.15, -0.1) is 0 Å². The fourth-order valence-corrected chi connectivity index (χ4v) is 2.41. The van der Waals surface area contributed by atoms with Crippen LogP contribution in [0.15, 0.2) is 24.3 Å². The van der Waals surface area contributed by atoms with Crippen LogP contribution in [0.1, 0.15) is 31.2 Å². The first kappa shape index (κ1) is 11.5. The summed E-state index contributed by atoms with van der Waals surface area (Å²) in [7, 11) is 2.07. The van der Waals surface area contributed by atoms with Crippen LogP contribution in [-0.4, -0.2) is 19.1 Å². The predicted molar refractivity (Wildman–Crippen MR) is 69.9 cm³/mol. The fraction of sp³-hybridized carbons (Fsp3) is 0.571. The molecule has 0 heterocycles. The van der Waals surface area contributed by atoms with Crippen molar-refractivity contribution < 1.29 is 0 Å². The van der Waals surface area contributed by atoms with Crippen molar-refractivity contribution in [3.8, 4) is 0 Å². The Labute approximate surface area is 98.4 Å². The molecule has 0 amide bonds. The molecule has 0 saturated heterocycles. The van der Waals surface area contributed by atoms with Crippen LogP contribution in [0, 0.1) is 6.92 Å². The van der Waals surface area contributed by atoms with Gasteiger partial charge in [0.25, 0.3) is 0 Å². The van der Waals surface area contributed by atoms with E-state index in [1.54, 1.807) is 0 Å². The molecule has 88 valence electrons. The fourth-order valence-electron chi connectivity index (χ4n) is 2.41. The van der Waals surface area contributed by atoms with E-state index >= 15 is 0 Å². The van der Waals surface area contributed by atoms with Crippen molar-refractivity contribution in [1.29, 1.82) is 0 Å². The van der Waals surface area contributed by atoms with Crippen molar-refractivity contribution in [2.45, 2.75) is 44.7 Å². The Morgan fingerprint density at radius 2 is 1.50 bits per heavy atom. The minimum absolute atomic E-state index is 0.660. The maximum atomic E-state index is 3.62. The van der Waals surface area contributed by atoms with Crippen LogP contribution in [0.4, 0.5) is 5.69 Å². The zero-order valence-corrected chi connectivity index (χ0v) is 10.3. The quantitative estimate of drug-likeness (QED) is 0.815. The molecule has 2 N–H and O–H groups in total. The van der Waals surface area contributed by atoms with Gasteiger partial charge in [-0.1, -0.05) is 17.7 Å². The lowest BCUT2D eigenvalue weighted by Crippen LogP contribution is -2.34. The van der Waals surface area contributed by atoms with E-state index in [1.165, 1.54) is 36.9 Å². The lowest BCUT2D eigenvalue weighted by atomic mass is 9.91. The molecular weight excluding hydrogens is 196 g/mol. The standard InChI is InChI=1S/C14H22N2/c1-11-3-5-13(6-4-11)16-14-9-7-12(15-2)8-10-14/h3-6,12,14-16H,7-10H2,1-2H3. The summed E-state index contributed by atoms with van der Waals surface area (Å²) in [6.07, 6.45) is 5.14. The van der Waals surface area contributed by atoms with Crippen LogP contribution in [0.3, 0.4) is 0 Å². The van der Waals surface area contributed by atoms with Gasteiger partial charge in [-0.3, -0.25) is 0 Å². The molecular formula is C14H22N2. The number of hydrogen-bond acceptors (Lipinski definition) is 2. The van der Waals surface area contributed by atoms with E-state index < -0.39 is 0 Å². The third-order valence-electron chi connectivity index (χ3n) is 3.56. The van der Waals surface area contributed by atoms with E-state index in [9.17, 15) is 0 Å².